The van der Waals surface area contributed by atoms with Crippen LogP contribution in [0.15, 0.2) is 35.9 Å². The van der Waals surface area contributed by atoms with Gasteiger partial charge in [0.05, 0.1) is 0 Å². The number of carbonyl (C=O) groups excluding carboxylic acids is 1. The Morgan fingerprint density at radius 1 is 1.45 bits per heavy atom. The van der Waals surface area contributed by atoms with Gasteiger partial charge in [-0.2, -0.15) is 0 Å². The lowest BCUT2D eigenvalue weighted by molar-refractivity contribution is -0.144. The number of hydrogen-bond acceptors (Lipinski definition) is 4. The highest BCUT2D eigenvalue weighted by atomic mass is 32.2. The Bertz CT molecular complexity index is 661. The van der Waals surface area contributed by atoms with Gasteiger partial charge in [-0.05, 0) is 31.1 Å². The Hall–Kier alpha value is -1.66. The zero-order valence-corrected chi connectivity index (χ0v) is 12.8. The minimum Gasteiger partial charge on any atom is -0.480 e. The normalized spacial score (nSPS) is 26.5. The lowest BCUT2D eigenvalue weighted by Gasteiger charge is -2.41. The number of nitrogens with zero attached hydrogens (tertiary/aromatic N) is 1. The van der Waals surface area contributed by atoms with Crippen LogP contribution in [-0.2, 0) is 9.59 Å². The number of benzene rings is 1. The Morgan fingerprint density at radius 2 is 2.18 bits per heavy atom. The number of carboxylic acids is 1. The highest BCUT2D eigenvalue weighted by molar-refractivity contribution is 8.15. The van der Waals surface area contributed by atoms with Crippen molar-refractivity contribution in [2.45, 2.75) is 30.7 Å². The van der Waals surface area contributed by atoms with Crippen LogP contribution in [0.4, 0.5) is 4.39 Å². The summed E-state index contributed by atoms with van der Waals surface area (Å²) in [4.78, 5) is 25.1. The first kappa shape index (κ1) is 15.2. The Kier molecular flexibility index (Phi) is 4.06. The zero-order chi connectivity index (χ0) is 15.9. The van der Waals surface area contributed by atoms with Crippen molar-refractivity contribution in [3.63, 3.8) is 0 Å². The molecular formula is C16H16FNO3S. The van der Waals surface area contributed by atoms with Gasteiger partial charge in [0.2, 0.25) is 5.12 Å². The fourth-order valence-corrected chi connectivity index (χ4v) is 4.35. The van der Waals surface area contributed by atoms with E-state index in [4.69, 9.17) is 0 Å². The molecule has 2 aliphatic rings. The lowest BCUT2D eigenvalue weighted by atomic mass is 9.92. The van der Waals surface area contributed by atoms with Crippen LogP contribution in [0.2, 0.25) is 0 Å². The number of aliphatic carboxylic acids is 1. The number of rotatable bonds is 3. The number of carbonyl (C=O) groups is 2. The van der Waals surface area contributed by atoms with Crippen LogP contribution in [-0.4, -0.2) is 38.9 Å². The molecule has 2 aliphatic heterocycles. The minimum absolute atomic E-state index is 0.0199. The van der Waals surface area contributed by atoms with E-state index in [9.17, 15) is 19.1 Å². The van der Waals surface area contributed by atoms with Gasteiger partial charge in [-0.15, -0.1) is 0 Å². The Balaban J connectivity index is 1.96. The molecule has 6 heteroatoms. The van der Waals surface area contributed by atoms with E-state index in [0.29, 0.717) is 13.0 Å². The third-order valence-electron chi connectivity index (χ3n) is 4.31. The standard InChI is InChI=1S/C16H16FNO3S/c1-9-11-8-14(19)22-13(11)6-7-18(9)15(16(20)21)10-4-2-3-5-12(10)17/h2-5,8-9,13,15H,6-7H2,1H3,(H,20,21)/t9?,13?,15-/m0/s1. The summed E-state index contributed by atoms with van der Waals surface area (Å²) in [6.45, 7) is 2.41. The third-order valence-corrected chi connectivity index (χ3v) is 5.45. The fourth-order valence-electron chi connectivity index (χ4n) is 3.24. The van der Waals surface area contributed by atoms with Crippen LogP contribution >= 0.6 is 11.8 Å². The lowest BCUT2D eigenvalue weighted by Crippen LogP contribution is -2.47. The molecule has 0 amide bonds. The average molecular weight is 321 g/mol. The van der Waals surface area contributed by atoms with Gasteiger partial charge in [0.1, 0.15) is 11.9 Å². The van der Waals surface area contributed by atoms with Crippen LogP contribution < -0.4 is 0 Å². The molecule has 0 radical (unpaired) electrons. The molecule has 1 aromatic carbocycles. The van der Waals surface area contributed by atoms with Crippen molar-refractivity contribution in [2.24, 2.45) is 0 Å². The highest BCUT2D eigenvalue weighted by Crippen LogP contribution is 2.41. The number of piperidine rings is 1. The molecule has 116 valence electrons. The van der Waals surface area contributed by atoms with E-state index < -0.39 is 17.8 Å². The topological polar surface area (TPSA) is 57.6 Å². The van der Waals surface area contributed by atoms with E-state index in [1.807, 2.05) is 6.92 Å². The van der Waals surface area contributed by atoms with Gasteiger partial charge in [0.15, 0.2) is 0 Å². The molecule has 1 saturated heterocycles. The van der Waals surface area contributed by atoms with Gasteiger partial charge in [-0.25, -0.2) is 4.39 Å². The van der Waals surface area contributed by atoms with E-state index in [0.717, 1.165) is 5.57 Å². The molecule has 22 heavy (non-hydrogen) atoms. The summed E-state index contributed by atoms with van der Waals surface area (Å²) < 4.78 is 14.0. The minimum atomic E-state index is -1.08. The number of halogens is 1. The summed E-state index contributed by atoms with van der Waals surface area (Å²) in [7, 11) is 0. The second-order valence-electron chi connectivity index (χ2n) is 5.53. The van der Waals surface area contributed by atoms with Crippen molar-refractivity contribution in [1.82, 2.24) is 4.90 Å². The first-order valence-electron chi connectivity index (χ1n) is 7.14. The predicted octanol–water partition coefficient (Wildman–Crippen LogP) is 2.61. The fraction of sp³-hybridized carbons (Fsp3) is 0.375. The van der Waals surface area contributed by atoms with Crippen LogP contribution in [0.3, 0.4) is 0 Å². The quantitative estimate of drug-likeness (QED) is 0.927. The van der Waals surface area contributed by atoms with E-state index in [-0.39, 0.29) is 22.0 Å². The maximum atomic E-state index is 14.0. The molecule has 0 bridgehead atoms. The SMILES string of the molecule is CC1C2=CC(=O)SC2CCN1[C@H](C(=O)O)c1ccccc1F. The molecule has 1 aromatic rings. The molecule has 0 aliphatic carbocycles. The number of carboxylic acid groups (broad SMARTS) is 1. The Morgan fingerprint density at radius 3 is 2.86 bits per heavy atom. The smallest absolute Gasteiger partial charge is 0.325 e. The van der Waals surface area contributed by atoms with E-state index in [2.05, 4.69) is 0 Å². The van der Waals surface area contributed by atoms with Crippen molar-refractivity contribution in [3.8, 4) is 0 Å². The van der Waals surface area contributed by atoms with Crippen LogP contribution in [0.5, 0.6) is 0 Å². The molecule has 3 rings (SSSR count). The highest BCUT2D eigenvalue weighted by Gasteiger charge is 2.41. The summed E-state index contributed by atoms with van der Waals surface area (Å²) in [5, 5.41) is 9.77. The first-order valence-corrected chi connectivity index (χ1v) is 8.02. The average Bonchev–Trinajstić information content (AvgIpc) is 2.85. The van der Waals surface area contributed by atoms with Gasteiger partial charge in [-0.1, -0.05) is 30.0 Å². The summed E-state index contributed by atoms with van der Waals surface area (Å²) in [6, 6.07) is 4.73. The zero-order valence-electron chi connectivity index (χ0n) is 12.0. The predicted molar refractivity (Wildman–Crippen MR) is 82.0 cm³/mol. The monoisotopic (exact) mass is 321 g/mol. The number of likely N-dealkylation sites (tertiary alicyclic amines) is 1. The van der Waals surface area contributed by atoms with Gasteiger partial charge in [0.25, 0.3) is 0 Å². The van der Waals surface area contributed by atoms with E-state index >= 15 is 0 Å². The van der Waals surface area contributed by atoms with Crippen molar-refractivity contribution < 1.29 is 19.1 Å². The van der Waals surface area contributed by atoms with Gasteiger partial charge < -0.3 is 5.11 Å². The van der Waals surface area contributed by atoms with Gasteiger partial charge in [-0.3, -0.25) is 14.5 Å². The molecule has 0 spiro atoms. The van der Waals surface area contributed by atoms with Crippen molar-refractivity contribution in [1.29, 1.82) is 0 Å². The van der Waals surface area contributed by atoms with Crippen molar-refractivity contribution in [3.05, 3.63) is 47.3 Å². The van der Waals surface area contributed by atoms with Crippen LogP contribution in [0, 0.1) is 5.82 Å². The molecule has 0 saturated carbocycles. The second-order valence-corrected chi connectivity index (χ2v) is 6.74. The molecule has 1 fully saturated rings. The molecule has 0 aromatic heterocycles. The van der Waals surface area contributed by atoms with E-state index in [1.54, 1.807) is 23.1 Å². The summed E-state index contributed by atoms with van der Waals surface area (Å²) in [5.74, 6) is -1.59. The van der Waals surface area contributed by atoms with Crippen LogP contribution in [0.25, 0.3) is 0 Å². The second kappa shape index (κ2) is 5.85. The maximum Gasteiger partial charge on any atom is 0.325 e. The number of thioether (sulfide) groups is 1. The van der Waals surface area contributed by atoms with Crippen LogP contribution in [0.1, 0.15) is 24.9 Å². The van der Waals surface area contributed by atoms with Crippen molar-refractivity contribution >= 4 is 22.8 Å². The largest absolute Gasteiger partial charge is 0.480 e. The third kappa shape index (κ3) is 2.57. The van der Waals surface area contributed by atoms with Gasteiger partial charge >= 0.3 is 5.97 Å². The number of fused-ring (bicyclic) bond motifs is 1. The summed E-state index contributed by atoms with van der Waals surface area (Å²) in [5.41, 5.74) is 1.11. The first-order chi connectivity index (χ1) is 10.5. The molecular weight excluding hydrogens is 305 g/mol. The maximum absolute atomic E-state index is 14.0. The van der Waals surface area contributed by atoms with Crippen molar-refractivity contribution in [2.75, 3.05) is 6.54 Å². The van der Waals surface area contributed by atoms with E-state index in [1.165, 1.54) is 23.9 Å². The Labute approximate surface area is 132 Å². The van der Waals surface area contributed by atoms with Gasteiger partial charge in [0, 0.05) is 23.4 Å². The molecule has 2 unspecified atom stereocenters. The number of hydrogen-bond donors (Lipinski definition) is 1. The molecule has 1 N–H and O–H groups in total. The summed E-state index contributed by atoms with van der Waals surface area (Å²) in [6.07, 6.45) is 2.30. The summed E-state index contributed by atoms with van der Waals surface area (Å²) >= 11 is 1.29. The molecule has 2 heterocycles. The molecule has 3 atom stereocenters. The molecule has 4 nitrogen and oxygen atoms in total.